The molecule has 3 aliphatic rings. The third-order valence-corrected chi connectivity index (χ3v) is 7.94. The first-order chi connectivity index (χ1) is 16.7. The van der Waals surface area contributed by atoms with Gasteiger partial charge in [-0.15, -0.1) is 13.2 Å². The number of hydrogen-bond donors (Lipinski definition) is 2. The number of ether oxygens (including phenoxy) is 1. The monoisotopic (exact) mass is 495 g/mol. The molecule has 6 nitrogen and oxygen atoms in total. The van der Waals surface area contributed by atoms with Gasteiger partial charge in [0.05, 0.1) is 5.41 Å². The maximum atomic E-state index is 13.5. The summed E-state index contributed by atoms with van der Waals surface area (Å²) in [6.45, 7) is 1.35. The van der Waals surface area contributed by atoms with Gasteiger partial charge in [-0.05, 0) is 62.8 Å². The van der Waals surface area contributed by atoms with Gasteiger partial charge in [0.1, 0.15) is 11.8 Å². The SMILES string of the molecule is CNC1CCN(C(=O)C(CC2CCCCC2)NC(=O)C2(c3ccc(OC(F)(F)F)cc3)CC2)CC1. The number of nitrogens with zero attached hydrogens (tertiary/aromatic N) is 1. The van der Waals surface area contributed by atoms with Crippen LogP contribution in [0.15, 0.2) is 24.3 Å². The molecule has 1 aromatic rings. The number of amides is 2. The lowest BCUT2D eigenvalue weighted by Crippen LogP contribution is -2.54. The molecule has 2 aliphatic carbocycles. The maximum absolute atomic E-state index is 13.5. The van der Waals surface area contributed by atoms with Crippen LogP contribution in [0.2, 0.25) is 0 Å². The molecule has 2 amide bonds. The molecule has 35 heavy (non-hydrogen) atoms. The summed E-state index contributed by atoms with van der Waals surface area (Å²) in [5.41, 5.74) is -0.135. The van der Waals surface area contributed by atoms with Gasteiger partial charge in [-0.3, -0.25) is 9.59 Å². The van der Waals surface area contributed by atoms with Crippen molar-refractivity contribution in [2.24, 2.45) is 5.92 Å². The highest BCUT2D eigenvalue weighted by Gasteiger charge is 2.52. The van der Waals surface area contributed by atoms with Crippen LogP contribution in [0.4, 0.5) is 13.2 Å². The van der Waals surface area contributed by atoms with E-state index in [0.29, 0.717) is 49.9 Å². The molecule has 1 aliphatic heterocycles. The second-order valence-electron chi connectivity index (χ2n) is 10.3. The second-order valence-corrected chi connectivity index (χ2v) is 10.3. The average Bonchev–Trinajstić information content (AvgIpc) is 3.65. The molecule has 0 spiro atoms. The summed E-state index contributed by atoms with van der Waals surface area (Å²) >= 11 is 0. The summed E-state index contributed by atoms with van der Waals surface area (Å²) < 4.78 is 41.5. The molecule has 4 rings (SSSR count). The molecule has 0 radical (unpaired) electrons. The van der Waals surface area contributed by atoms with Crippen molar-refractivity contribution in [3.8, 4) is 5.75 Å². The van der Waals surface area contributed by atoms with Crippen LogP contribution in [-0.2, 0) is 15.0 Å². The summed E-state index contributed by atoms with van der Waals surface area (Å²) in [6.07, 6.45) is 4.57. The number of carbonyl (C=O) groups excluding carboxylic acids is 2. The number of benzene rings is 1. The topological polar surface area (TPSA) is 70.7 Å². The highest BCUT2D eigenvalue weighted by atomic mass is 19.4. The fraction of sp³-hybridized carbons (Fsp3) is 0.692. The zero-order chi connectivity index (χ0) is 25.1. The fourth-order valence-electron chi connectivity index (χ4n) is 5.63. The smallest absolute Gasteiger partial charge is 0.406 e. The molecule has 1 saturated heterocycles. The molecule has 1 aromatic carbocycles. The molecular formula is C26H36F3N3O3. The molecule has 1 atom stereocenters. The van der Waals surface area contributed by atoms with Gasteiger partial charge in [0.15, 0.2) is 0 Å². The van der Waals surface area contributed by atoms with E-state index in [9.17, 15) is 22.8 Å². The van der Waals surface area contributed by atoms with E-state index in [1.54, 1.807) is 0 Å². The average molecular weight is 496 g/mol. The molecular weight excluding hydrogens is 459 g/mol. The number of nitrogens with one attached hydrogen (secondary N) is 2. The van der Waals surface area contributed by atoms with E-state index in [1.165, 1.54) is 30.7 Å². The summed E-state index contributed by atoms with van der Waals surface area (Å²) in [5.74, 6) is -0.112. The van der Waals surface area contributed by atoms with Crippen LogP contribution < -0.4 is 15.4 Å². The number of piperidine rings is 1. The fourth-order valence-corrected chi connectivity index (χ4v) is 5.63. The van der Waals surface area contributed by atoms with E-state index in [-0.39, 0.29) is 17.6 Å². The van der Waals surface area contributed by atoms with Crippen molar-refractivity contribution >= 4 is 11.8 Å². The normalized spacial score (nSPS) is 21.9. The lowest BCUT2D eigenvalue weighted by molar-refractivity contribution is -0.274. The third kappa shape index (κ3) is 6.48. The molecule has 2 N–H and O–H groups in total. The van der Waals surface area contributed by atoms with Crippen LogP contribution in [-0.4, -0.2) is 55.3 Å². The molecule has 194 valence electrons. The van der Waals surface area contributed by atoms with Gasteiger partial charge in [0, 0.05) is 19.1 Å². The lowest BCUT2D eigenvalue weighted by Gasteiger charge is -2.36. The Kier molecular flexibility index (Phi) is 7.93. The minimum Gasteiger partial charge on any atom is -0.406 e. The Hall–Kier alpha value is -2.29. The Labute approximate surface area is 205 Å². The van der Waals surface area contributed by atoms with E-state index in [0.717, 1.165) is 38.5 Å². The first kappa shape index (κ1) is 25.8. The number of alkyl halides is 3. The van der Waals surface area contributed by atoms with Crippen molar-refractivity contribution in [2.45, 2.75) is 88.1 Å². The molecule has 3 fully saturated rings. The van der Waals surface area contributed by atoms with Crippen molar-refractivity contribution in [3.05, 3.63) is 29.8 Å². The van der Waals surface area contributed by atoms with Gasteiger partial charge in [-0.25, -0.2) is 0 Å². The van der Waals surface area contributed by atoms with Crippen molar-refractivity contribution < 1.29 is 27.5 Å². The predicted octanol–water partition coefficient (Wildman–Crippen LogP) is 4.28. The number of likely N-dealkylation sites (tertiary alicyclic amines) is 1. The van der Waals surface area contributed by atoms with Crippen molar-refractivity contribution in [3.63, 3.8) is 0 Å². The lowest BCUT2D eigenvalue weighted by atomic mass is 9.84. The quantitative estimate of drug-likeness (QED) is 0.565. The molecule has 2 saturated carbocycles. The van der Waals surface area contributed by atoms with Crippen molar-refractivity contribution in [2.75, 3.05) is 20.1 Å². The number of rotatable bonds is 8. The minimum absolute atomic E-state index is 0.0109. The highest BCUT2D eigenvalue weighted by molar-refractivity contribution is 5.95. The Morgan fingerprint density at radius 2 is 1.69 bits per heavy atom. The van der Waals surface area contributed by atoms with Gasteiger partial charge in [0.25, 0.3) is 0 Å². The van der Waals surface area contributed by atoms with Crippen molar-refractivity contribution in [1.82, 2.24) is 15.5 Å². The Balaban J connectivity index is 1.45. The molecule has 9 heteroatoms. The molecule has 0 aromatic heterocycles. The number of halogens is 3. The van der Waals surface area contributed by atoms with Crippen LogP contribution in [0.5, 0.6) is 5.75 Å². The largest absolute Gasteiger partial charge is 0.573 e. The van der Waals surface area contributed by atoms with E-state index in [2.05, 4.69) is 15.4 Å². The Bertz CT molecular complexity index is 872. The Morgan fingerprint density at radius 3 is 2.23 bits per heavy atom. The summed E-state index contributed by atoms with van der Waals surface area (Å²) in [5, 5.41) is 6.36. The highest BCUT2D eigenvalue weighted by Crippen LogP contribution is 2.49. The Morgan fingerprint density at radius 1 is 1.06 bits per heavy atom. The minimum atomic E-state index is -4.76. The summed E-state index contributed by atoms with van der Waals surface area (Å²) in [4.78, 5) is 28.9. The molecule has 1 unspecified atom stereocenters. The standard InChI is InChI=1S/C26H36F3N3O3/c1-30-20-11-15-32(16-12-20)23(33)22(17-18-5-3-2-4-6-18)31-24(34)25(13-14-25)19-7-9-21(10-8-19)35-26(27,28)29/h7-10,18,20,22,30H,2-6,11-17H2,1H3,(H,31,34). The van der Waals surface area contributed by atoms with Crippen LogP contribution in [0.1, 0.15) is 69.8 Å². The summed E-state index contributed by atoms with van der Waals surface area (Å²) in [6, 6.07) is 5.37. The van der Waals surface area contributed by atoms with E-state index in [1.807, 2.05) is 11.9 Å². The van der Waals surface area contributed by atoms with Crippen LogP contribution >= 0.6 is 0 Å². The predicted molar refractivity (Wildman–Crippen MR) is 126 cm³/mol. The van der Waals surface area contributed by atoms with Gasteiger partial charge in [-0.1, -0.05) is 44.2 Å². The van der Waals surface area contributed by atoms with E-state index < -0.39 is 17.8 Å². The van der Waals surface area contributed by atoms with Crippen molar-refractivity contribution in [1.29, 1.82) is 0 Å². The van der Waals surface area contributed by atoms with Crippen LogP contribution in [0, 0.1) is 5.92 Å². The van der Waals surface area contributed by atoms with Gasteiger partial charge in [-0.2, -0.15) is 0 Å². The van der Waals surface area contributed by atoms with Gasteiger partial charge < -0.3 is 20.3 Å². The van der Waals surface area contributed by atoms with Crippen LogP contribution in [0.25, 0.3) is 0 Å². The molecule has 0 bridgehead atoms. The zero-order valence-electron chi connectivity index (χ0n) is 20.3. The third-order valence-electron chi connectivity index (χ3n) is 7.94. The zero-order valence-corrected chi connectivity index (χ0v) is 20.3. The van der Waals surface area contributed by atoms with Gasteiger partial charge in [0.2, 0.25) is 11.8 Å². The maximum Gasteiger partial charge on any atom is 0.573 e. The first-order valence-corrected chi connectivity index (χ1v) is 12.8. The van der Waals surface area contributed by atoms with E-state index >= 15 is 0 Å². The van der Waals surface area contributed by atoms with Crippen LogP contribution in [0.3, 0.4) is 0 Å². The number of hydrogen-bond acceptors (Lipinski definition) is 4. The van der Waals surface area contributed by atoms with Gasteiger partial charge >= 0.3 is 6.36 Å². The first-order valence-electron chi connectivity index (χ1n) is 12.8. The molecule has 1 heterocycles. The second kappa shape index (κ2) is 10.8. The van der Waals surface area contributed by atoms with E-state index in [4.69, 9.17) is 0 Å². The summed E-state index contributed by atoms with van der Waals surface area (Å²) in [7, 11) is 1.94. The number of carbonyl (C=O) groups is 2.